The van der Waals surface area contributed by atoms with Crippen LogP contribution < -0.4 is 4.90 Å². The standard InChI is InChI=1S/C21H24N2O2/c1-17-7-9-18(10-8-17)20(24)11-12-21(25)23-15-13-22(14-16-23)19-5-3-2-4-6-19/h2-10H,11-16H2,1H3. The van der Waals surface area contributed by atoms with Gasteiger partial charge in [0.05, 0.1) is 0 Å². The molecule has 130 valence electrons. The van der Waals surface area contributed by atoms with Gasteiger partial charge < -0.3 is 9.80 Å². The van der Waals surface area contributed by atoms with Crippen LogP contribution in [0, 0.1) is 6.92 Å². The lowest BCUT2D eigenvalue weighted by Gasteiger charge is -2.36. The van der Waals surface area contributed by atoms with Crippen molar-refractivity contribution in [3.8, 4) is 0 Å². The highest BCUT2D eigenvalue weighted by Gasteiger charge is 2.21. The van der Waals surface area contributed by atoms with Gasteiger partial charge in [-0.2, -0.15) is 0 Å². The van der Waals surface area contributed by atoms with Crippen LogP contribution in [0.3, 0.4) is 0 Å². The van der Waals surface area contributed by atoms with Crippen LogP contribution in [-0.4, -0.2) is 42.8 Å². The quantitative estimate of drug-likeness (QED) is 0.787. The summed E-state index contributed by atoms with van der Waals surface area (Å²) >= 11 is 0. The van der Waals surface area contributed by atoms with E-state index in [-0.39, 0.29) is 24.5 Å². The molecule has 0 saturated carbocycles. The third kappa shape index (κ3) is 4.47. The molecule has 1 aliphatic heterocycles. The molecule has 1 amide bonds. The molecule has 3 rings (SSSR count). The van der Waals surface area contributed by atoms with Crippen LogP contribution in [-0.2, 0) is 4.79 Å². The highest BCUT2D eigenvalue weighted by atomic mass is 16.2. The summed E-state index contributed by atoms with van der Waals surface area (Å²) in [5, 5.41) is 0. The lowest BCUT2D eigenvalue weighted by molar-refractivity contribution is -0.131. The van der Waals surface area contributed by atoms with Gasteiger partial charge in [0.2, 0.25) is 5.91 Å². The zero-order valence-corrected chi connectivity index (χ0v) is 14.6. The summed E-state index contributed by atoms with van der Waals surface area (Å²) in [6.07, 6.45) is 0.568. The van der Waals surface area contributed by atoms with Crippen molar-refractivity contribution in [2.75, 3.05) is 31.1 Å². The number of anilines is 1. The molecular weight excluding hydrogens is 312 g/mol. The Morgan fingerprint density at radius 3 is 2.12 bits per heavy atom. The number of nitrogens with zero attached hydrogens (tertiary/aromatic N) is 2. The van der Waals surface area contributed by atoms with Crippen molar-refractivity contribution in [2.45, 2.75) is 19.8 Å². The third-order valence-electron chi connectivity index (χ3n) is 4.69. The number of piperazine rings is 1. The number of ketones is 1. The molecule has 0 radical (unpaired) electrons. The molecule has 0 N–H and O–H groups in total. The fourth-order valence-corrected chi connectivity index (χ4v) is 3.12. The van der Waals surface area contributed by atoms with Crippen LogP contribution in [0.5, 0.6) is 0 Å². The van der Waals surface area contributed by atoms with Crippen LogP contribution in [0.4, 0.5) is 5.69 Å². The molecule has 2 aromatic rings. The van der Waals surface area contributed by atoms with Gasteiger partial charge in [0.15, 0.2) is 5.78 Å². The SMILES string of the molecule is Cc1ccc(C(=O)CCC(=O)N2CCN(c3ccccc3)CC2)cc1. The van der Waals surface area contributed by atoms with Crippen molar-refractivity contribution >= 4 is 17.4 Å². The number of amides is 1. The van der Waals surface area contributed by atoms with E-state index in [1.165, 1.54) is 5.69 Å². The van der Waals surface area contributed by atoms with Crippen molar-refractivity contribution in [3.63, 3.8) is 0 Å². The minimum atomic E-state index is 0.0382. The van der Waals surface area contributed by atoms with E-state index in [9.17, 15) is 9.59 Å². The molecule has 4 nitrogen and oxygen atoms in total. The molecule has 0 atom stereocenters. The van der Waals surface area contributed by atoms with Gasteiger partial charge in [0.25, 0.3) is 0 Å². The van der Waals surface area contributed by atoms with Crippen LogP contribution in [0.1, 0.15) is 28.8 Å². The fourth-order valence-electron chi connectivity index (χ4n) is 3.12. The zero-order valence-electron chi connectivity index (χ0n) is 14.6. The Morgan fingerprint density at radius 2 is 1.48 bits per heavy atom. The van der Waals surface area contributed by atoms with Crippen LogP contribution in [0.15, 0.2) is 54.6 Å². The molecule has 1 aliphatic rings. The molecule has 4 heteroatoms. The number of carbonyl (C=O) groups excluding carboxylic acids is 2. The van der Waals surface area contributed by atoms with Crippen LogP contribution in [0.25, 0.3) is 0 Å². The summed E-state index contributed by atoms with van der Waals surface area (Å²) in [5.74, 6) is 0.115. The highest BCUT2D eigenvalue weighted by Crippen LogP contribution is 2.16. The molecule has 0 aromatic heterocycles. The van der Waals surface area contributed by atoms with E-state index in [4.69, 9.17) is 0 Å². The maximum Gasteiger partial charge on any atom is 0.223 e. The number of hydrogen-bond acceptors (Lipinski definition) is 3. The number of Topliss-reactive ketones (excluding diaryl/α,β-unsaturated/α-hetero) is 1. The monoisotopic (exact) mass is 336 g/mol. The first kappa shape index (κ1) is 17.2. The number of hydrogen-bond donors (Lipinski definition) is 0. The molecule has 0 spiro atoms. The first-order valence-corrected chi connectivity index (χ1v) is 8.81. The second-order valence-corrected chi connectivity index (χ2v) is 6.49. The molecule has 25 heavy (non-hydrogen) atoms. The van der Waals surface area contributed by atoms with Gasteiger partial charge in [-0.15, -0.1) is 0 Å². The second kappa shape index (κ2) is 7.97. The van der Waals surface area contributed by atoms with E-state index in [1.807, 2.05) is 54.3 Å². The molecule has 0 aliphatic carbocycles. The Morgan fingerprint density at radius 1 is 0.840 bits per heavy atom. The minimum Gasteiger partial charge on any atom is -0.368 e. The molecule has 2 aromatic carbocycles. The number of rotatable bonds is 5. The highest BCUT2D eigenvalue weighted by molar-refractivity contribution is 5.98. The van der Waals surface area contributed by atoms with Gasteiger partial charge in [-0.05, 0) is 19.1 Å². The van der Waals surface area contributed by atoms with E-state index >= 15 is 0 Å². The first-order chi connectivity index (χ1) is 12.1. The predicted octanol–water partition coefficient (Wildman–Crippen LogP) is 3.31. The number of carbonyl (C=O) groups is 2. The summed E-state index contributed by atoms with van der Waals surface area (Å²) in [5.41, 5.74) is 3.01. The Labute approximate surface area is 149 Å². The number of aryl methyl sites for hydroxylation is 1. The summed E-state index contributed by atoms with van der Waals surface area (Å²) in [6, 6.07) is 17.8. The van der Waals surface area contributed by atoms with Gasteiger partial charge in [-0.1, -0.05) is 48.0 Å². The van der Waals surface area contributed by atoms with Crippen molar-refractivity contribution < 1.29 is 9.59 Å². The Bertz CT molecular complexity index is 717. The fraction of sp³-hybridized carbons (Fsp3) is 0.333. The van der Waals surface area contributed by atoms with Gasteiger partial charge in [0.1, 0.15) is 0 Å². The molecular formula is C21H24N2O2. The average Bonchev–Trinajstić information content (AvgIpc) is 2.67. The molecule has 1 saturated heterocycles. The van der Waals surface area contributed by atoms with Gasteiger partial charge in [-0.3, -0.25) is 9.59 Å². The normalized spacial score (nSPS) is 14.4. The lowest BCUT2D eigenvalue weighted by atomic mass is 10.0. The first-order valence-electron chi connectivity index (χ1n) is 8.81. The minimum absolute atomic E-state index is 0.0382. The largest absolute Gasteiger partial charge is 0.368 e. The zero-order chi connectivity index (χ0) is 17.6. The summed E-state index contributed by atoms with van der Waals surface area (Å²) in [6.45, 7) is 5.09. The summed E-state index contributed by atoms with van der Waals surface area (Å²) < 4.78 is 0. The Kier molecular flexibility index (Phi) is 5.49. The average molecular weight is 336 g/mol. The van der Waals surface area contributed by atoms with E-state index in [0.29, 0.717) is 18.7 Å². The summed E-state index contributed by atoms with van der Waals surface area (Å²) in [4.78, 5) is 28.8. The number of benzene rings is 2. The van der Waals surface area contributed by atoms with Gasteiger partial charge >= 0.3 is 0 Å². The van der Waals surface area contributed by atoms with E-state index in [0.717, 1.165) is 18.7 Å². The lowest BCUT2D eigenvalue weighted by Crippen LogP contribution is -2.48. The molecule has 0 unspecified atom stereocenters. The maximum absolute atomic E-state index is 12.4. The Balaban J connectivity index is 1.46. The predicted molar refractivity (Wildman–Crippen MR) is 100.0 cm³/mol. The Hall–Kier alpha value is -2.62. The topological polar surface area (TPSA) is 40.6 Å². The van der Waals surface area contributed by atoms with Gasteiger partial charge in [-0.25, -0.2) is 0 Å². The molecule has 1 fully saturated rings. The van der Waals surface area contributed by atoms with Crippen LogP contribution in [0.2, 0.25) is 0 Å². The smallest absolute Gasteiger partial charge is 0.223 e. The van der Waals surface area contributed by atoms with E-state index < -0.39 is 0 Å². The maximum atomic E-state index is 12.4. The van der Waals surface area contributed by atoms with E-state index in [1.54, 1.807) is 0 Å². The van der Waals surface area contributed by atoms with E-state index in [2.05, 4.69) is 17.0 Å². The van der Waals surface area contributed by atoms with Crippen molar-refractivity contribution in [1.82, 2.24) is 4.90 Å². The van der Waals surface area contributed by atoms with Crippen molar-refractivity contribution in [2.24, 2.45) is 0 Å². The number of para-hydroxylation sites is 1. The third-order valence-corrected chi connectivity index (χ3v) is 4.69. The van der Waals surface area contributed by atoms with Crippen LogP contribution >= 0.6 is 0 Å². The van der Waals surface area contributed by atoms with Crippen molar-refractivity contribution in [3.05, 3.63) is 65.7 Å². The molecule has 0 bridgehead atoms. The second-order valence-electron chi connectivity index (χ2n) is 6.49. The van der Waals surface area contributed by atoms with Crippen molar-refractivity contribution in [1.29, 1.82) is 0 Å². The summed E-state index contributed by atoms with van der Waals surface area (Å²) in [7, 11) is 0. The van der Waals surface area contributed by atoms with Gasteiger partial charge in [0, 0.05) is 50.3 Å². The molecule has 1 heterocycles.